The van der Waals surface area contributed by atoms with Crippen molar-refractivity contribution in [1.82, 2.24) is 10.1 Å². The van der Waals surface area contributed by atoms with Gasteiger partial charge in [-0.3, -0.25) is 4.79 Å². The lowest BCUT2D eigenvalue weighted by Gasteiger charge is -2.35. The summed E-state index contributed by atoms with van der Waals surface area (Å²) in [6.07, 6.45) is 5.35. The smallest absolute Gasteiger partial charge is 0.276 e. The monoisotopic (exact) mass is 326 g/mol. The molecule has 1 saturated heterocycles. The number of carbonyl (C=O) groups is 1. The van der Waals surface area contributed by atoms with E-state index in [4.69, 9.17) is 4.52 Å². The first-order chi connectivity index (χ1) is 11.6. The van der Waals surface area contributed by atoms with Crippen molar-refractivity contribution in [1.29, 1.82) is 0 Å². The van der Waals surface area contributed by atoms with Crippen LogP contribution in [0.2, 0.25) is 0 Å². The van der Waals surface area contributed by atoms with Crippen LogP contribution >= 0.6 is 0 Å². The molecule has 0 radical (unpaired) electrons. The van der Waals surface area contributed by atoms with Gasteiger partial charge in [-0.25, -0.2) is 0 Å². The second-order valence-corrected chi connectivity index (χ2v) is 6.94. The minimum absolute atomic E-state index is 0.0170. The molecule has 4 heteroatoms. The number of nitrogens with zero attached hydrogens (tertiary/aromatic N) is 2. The van der Waals surface area contributed by atoms with E-state index in [1.807, 2.05) is 24.8 Å². The van der Waals surface area contributed by atoms with Crippen LogP contribution < -0.4 is 0 Å². The van der Waals surface area contributed by atoms with E-state index < -0.39 is 0 Å². The molecule has 24 heavy (non-hydrogen) atoms. The van der Waals surface area contributed by atoms with Crippen LogP contribution in [-0.2, 0) is 6.42 Å². The summed E-state index contributed by atoms with van der Waals surface area (Å²) in [6.45, 7) is 4.90. The van der Waals surface area contributed by atoms with Crippen molar-refractivity contribution in [2.75, 3.05) is 6.54 Å². The number of amides is 1. The maximum absolute atomic E-state index is 12.9. The van der Waals surface area contributed by atoms with E-state index in [1.54, 1.807) is 6.07 Å². The van der Waals surface area contributed by atoms with Gasteiger partial charge in [-0.1, -0.05) is 49.3 Å². The number of likely N-dealkylation sites (tertiary alicyclic amines) is 1. The summed E-state index contributed by atoms with van der Waals surface area (Å²) in [7, 11) is 0. The average Bonchev–Trinajstić information content (AvgIpc) is 3.11. The van der Waals surface area contributed by atoms with E-state index in [1.165, 1.54) is 12.0 Å². The second-order valence-electron chi connectivity index (χ2n) is 6.94. The molecule has 0 unspecified atom stereocenters. The predicted octanol–water partition coefficient (Wildman–Crippen LogP) is 4.43. The zero-order valence-corrected chi connectivity index (χ0v) is 14.6. The van der Waals surface area contributed by atoms with Crippen LogP contribution in [0.4, 0.5) is 0 Å². The lowest BCUT2D eigenvalue weighted by molar-refractivity contribution is 0.0591. The largest absolute Gasteiger partial charge is 0.360 e. The summed E-state index contributed by atoms with van der Waals surface area (Å²) < 4.78 is 5.31. The third kappa shape index (κ3) is 3.86. The highest BCUT2D eigenvalue weighted by atomic mass is 16.5. The first kappa shape index (κ1) is 16.7. The predicted molar refractivity (Wildman–Crippen MR) is 94.0 cm³/mol. The Kier molecular flexibility index (Phi) is 5.34. The van der Waals surface area contributed by atoms with E-state index in [0.717, 1.165) is 38.0 Å². The Morgan fingerprint density at radius 1 is 1.29 bits per heavy atom. The molecule has 1 aromatic heterocycles. The maximum atomic E-state index is 12.9. The SMILES string of the molecule is CC(C)c1cc(C(=O)N2CCCC[C@@H]2CCc2ccccc2)no1. The molecule has 0 aliphatic carbocycles. The average molecular weight is 326 g/mol. The Morgan fingerprint density at radius 3 is 2.79 bits per heavy atom. The first-order valence-corrected chi connectivity index (χ1v) is 8.96. The molecule has 4 nitrogen and oxygen atoms in total. The fourth-order valence-electron chi connectivity index (χ4n) is 3.36. The van der Waals surface area contributed by atoms with Gasteiger partial charge in [0, 0.05) is 24.6 Å². The summed E-state index contributed by atoms with van der Waals surface area (Å²) in [5, 5.41) is 4.00. The van der Waals surface area contributed by atoms with Gasteiger partial charge in [0.15, 0.2) is 5.69 Å². The Hall–Kier alpha value is -2.10. The highest BCUT2D eigenvalue weighted by Gasteiger charge is 2.29. The van der Waals surface area contributed by atoms with Gasteiger partial charge in [0.25, 0.3) is 5.91 Å². The molecular formula is C20H26N2O2. The topological polar surface area (TPSA) is 46.3 Å². The van der Waals surface area contributed by atoms with E-state index in [0.29, 0.717) is 11.7 Å². The molecule has 1 atom stereocenters. The number of aryl methyl sites for hydroxylation is 1. The summed E-state index contributed by atoms with van der Waals surface area (Å²) in [6, 6.07) is 12.6. The lowest BCUT2D eigenvalue weighted by atomic mass is 9.95. The van der Waals surface area contributed by atoms with Crippen LogP contribution in [-0.4, -0.2) is 28.6 Å². The zero-order valence-electron chi connectivity index (χ0n) is 14.6. The van der Waals surface area contributed by atoms with Gasteiger partial charge >= 0.3 is 0 Å². The van der Waals surface area contributed by atoms with E-state index in [9.17, 15) is 4.79 Å². The van der Waals surface area contributed by atoms with Crippen molar-refractivity contribution >= 4 is 5.91 Å². The van der Waals surface area contributed by atoms with Gasteiger partial charge in [-0.15, -0.1) is 0 Å². The summed E-state index contributed by atoms with van der Waals surface area (Å²) in [4.78, 5) is 14.9. The van der Waals surface area contributed by atoms with Gasteiger partial charge < -0.3 is 9.42 Å². The third-order valence-corrected chi connectivity index (χ3v) is 4.81. The van der Waals surface area contributed by atoms with Gasteiger partial charge in [-0.05, 0) is 37.7 Å². The van der Waals surface area contributed by atoms with Crippen LogP contribution in [0, 0.1) is 0 Å². The summed E-state index contributed by atoms with van der Waals surface area (Å²) >= 11 is 0. The van der Waals surface area contributed by atoms with Crippen LogP contribution in [0.25, 0.3) is 0 Å². The van der Waals surface area contributed by atoms with E-state index in [2.05, 4.69) is 29.4 Å². The Morgan fingerprint density at radius 2 is 2.08 bits per heavy atom. The number of rotatable bonds is 5. The number of hydrogen-bond donors (Lipinski definition) is 0. The lowest BCUT2D eigenvalue weighted by Crippen LogP contribution is -2.44. The van der Waals surface area contributed by atoms with Gasteiger partial charge in [0.1, 0.15) is 5.76 Å². The zero-order chi connectivity index (χ0) is 16.9. The van der Waals surface area contributed by atoms with E-state index in [-0.39, 0.29) is 11.8 Å². The van der Waals surface area contributed by atoms with Crippen LogP contribution in [0.1, 0.15) is 67.3 Å². The van der Waals surface area contributed by atoms with Crippen molar-refractivity contribution in [3.8, 4) is 0 Å². The minimum Gasteiger partial charge on any atom is -0.360 e. The molecule has 0 spiro atoms. The number of hydrogen-bond acceptors (Lipinski definition) is 3. The Balaban J connectivity index is 1.67. The molecule has 2 heterocycles. The molecule has 0 N–H and O–H groups in total. The molecule has 0 saturated carbocycles. The molecule has 3 rings (SSSR count). The number of piperidine rings is 1. The molecule has 1 fully saturated rings. The van der Waals surface area contributed by atoms with Crippen molar-refractivity contribution in [2.24, 2.45) is 0 Å². The highest BCUT2D eigenvalue weighted by Crippen LogP contribution is 2.24. The first-order valence-electron chi connectivity index (χ1n) is 8.96. The maximum Gasteiger partial charge on any atom is 0.276 e. The number of benzene rings is 1. The van der Waals surface area contributed by atoms with Crippen molar-refractivity contribution in [3.63, 3.8) is 0 Å². The fourth-order valence-corrected chi connectivity index (χ4v) is 3.36. The van der Waals surface area contributed by atoms with Gasteiger partial charge in [-0.2, -0.15) is 0 Å². The molecule has 0 bridgehead atoms. The van der Waals surface area contributed by atoms with Crippen molar-refractivity contribution in [3.05, 3.63) is 53.4 Å². The normalized spacial score (nSPS) is 18.1. The van der Waals surface area contributed by atoms with Crippen LogP contribution in [0.15, 0.2) is 40.9 Å². The molecular weight excluding hydrogens is 300 g/mol. The van der Waals surface area contributed by atoms with Crippen molar-refractivity contribution in [2.45, 2.75) is 57.9 Å². The Bertz CT molecular complexity index is 663. The summed E-state index contributed by atoms with van der Waals surface area (Å²) in [5.41, 5.74) is 1.78. The number of carbonyl (C=O) groups excluding carboxylic acids is 1. The summed E-state index contributed by atoms with van der Waals surface area (Å²) in [5.74, 6) is 1.04. The molecule has 1 aliphatic heterocycles. The standard InChI is InChI=1S/C20H26N2O2/c1-15(2)19-14-18(21-24-19)20(23)22-13-7-6-10-17(22)12-11-16-8-4-3-5-9-16/h3-5,8-9,14-15,17H,6-7,10-13H2,1-2H3/t17-/m1/s1. The third-order valence-electron chi connectivity index (χ3n) is 4.81. The molecule has 2 aromatic rings. The fraction of sp³-hybridized carbons (Fsp3) is 0.500. The quantitative estimate of drug-likeness (QED) is 0.817. The molecule has 1 amide bonds. The highest BCUT2D eigenvalue weighted by molar-refractivity contribution is 5.92. The van der Waals surface area contributed by atoms with Gasteiger partial charge in [0.2, 0.25) is 0 Å². The molecule has 128 valence electrons. The Labute approximate surface area is 143 Å². The van der Waals surface area contributed by atoms with Crippen LogP contribution in [0.3, 0.4) is 0 Å². The van der Waals surface area contributed by atoms with E-state index >= 15 is 0 Å². The second kappa shape index (κ2) is 7.65. The van der Waals surface area contributed by atoms with Gasteiger partial charge in [0.05, 0.1) is 0 Å². The van der Waals surface area contributed by atoms with Crippen LogP contribution in [0.5, 0.6) is 0 Å². The molecule has 1 aliphatic rings. The minimum atomic E-state index is 0.0170. The molecule has 1 aromatic carbocycles. The van der Waals surface area contributed by atoms with Crippen molar-refractivity contribution < 1.29 is 9.32 Å². The number of aromatic nitrogens is 1.